The number of fused-ring (bicyclic) bond motifs is 1. The van der Waals surface area contributed by atoms with Crippen LogP contribution in [-0.4, -0.2) is 54.8 Å². The summed E-state index contributed by atoms with van der Waals surface area (Å²) in [6.07, 6.45) is 10.9. The Morgan fingerprint density at radius 3 is 2.73 bits per heavy atom. The molecule has 3 aromatic rings. The lowest BCUT2D eigenvalue weighted by Crippen LogP contribution is -2.24. The molecular formula is C26H31BrFN7O2. The number of halogens is 2. The molecule has 3 aromatic heterocycles. The summed E-state index contributed by atoms with van der Waals surface area (Å²) in [5.41, 5.74) is 11.2. The number of alkyl halides is 1. The Balaban J connectivity index is 0.00000186. The van der Waals surface area contributed by atoms with Gasteiger partial charge in [-0.25, -0.2) is 14.2 Å². The number of carboxylic acids is 1. The second kappa shape index (κ2) is 13.2. The average Bonchev–Trinajstić information content (AvgIpc) is 3.19. The molecule has 0 aliphatic carbocycles. The third-order valence-electron chi connectivity index (χ3n) is 6.08. The summed E-state index contributed by atoms with van der Waals surface area (Å²) in [5, 5.41) is 21.1. The zero-order valence-electron chi connectivity index (χ0n) is 21.1. The first-order valence-corrected chi connectivity index (χ1v) is 13.1. The molecule has 0 radical (unpaired) electrons. The van der Waals surface area contributed by atoms with E-state index in [9.17, 15) is 9.18 Å². The van der Waals surface area contributed by atoms with E-state index < -0.39 is 18.1 Å². The van der Waals surface area contributed by atoms with E-state index in [0.717, 1.165) is 22.3 Å². The topological polar surface area (TPSA) is 132 Å². The Kier molecular flexibility index (Phi) is 10.0. The van der Waals surface area contributed by atoms with Gasteiger partial charge >= 0.3 is 5.97 Å². The van der Waals surface area contributed by atoms with Crippen molar-refractivity contribution in [2.45, 2.75) is 52.6 Å². The van der Waals surface area contributed by atoms with E-state index in [1.807, 2.05) is 32.1 Å². The zero-order valence-corrected chi connectivity index (χ0v) is 22.7. The molecule has 4 heterocycles. The maximum atomic E-state index is 14.0. The highest BCUT2D eigenvalue weighted by atomic mass is 79.9. The first-order valence-electron chi connectivity index (χ1n) is 12.3. The number of hydrogen-bond donors (Lipinski definition) is 2. The van der Waals surface area contributed by atoms with Gasteiger partial charge in [0.15, 0.2) is 11.8 Å². The summed E-state index contributed by atoms with van der Waals surface area (Å²) < 4.78 is 16.2. The maximum absolute atomic E-state index is 14.0. The number of aliphatic imine (C=N–C) groups is 1. The summed E-state index contributed by atoms with van der Waals surface area (Å²) in [4.78, 5) is 20.4. The van der Waals surface area contributed by atoms with Crippen LogP contribution in [0.25, 0.3) is 16.8 Å². The van der Waals surface area contributed by atoms with Crippen LogP contribution in [0.3, 0.4) is 0 Å². The number of aliphatic carboxylic acids is 1. The van der Waals surface area contributed by atoms with Crippen molar-refractivity contribution in [2.24, 2.45) is 10.9 Å². The Bertz CT molecular complexity index is 1320. The number of aryl methyl sites for hydroxylation is 1. The highest BCUT2D eigenvalue weighted by Crippen LogP contribution is 2.30. The largest absolute Gasteiger partial charge is 0.479 e. The minimum atomic E-state index is -1.87. The van der Waals surface area contributed by atoms with Gasteiger partial charge in [0, 0.05) is 28.8 Å². The van der Waals surface area contributed by atoms with Crippen LogP contribution in [0.4, 0.5) is 10.2 Å². The molecule has 0 fully saturated rings. The van der Waals surface area contributed by atoms with Gasteiger partial charge in [0.25, 0.3) is 0 Å². The molecule has 0 spiro atoms. The van der Waals surface area contributed by atoms with Gasteiger partial charge in [0.2, 0.25) is 0 Å². The lowest BCUT2D eigenvalue weighted by atomic mass is 9.94. The highest BCUT2D eigenvalue weighted by molar-refractivity contribution is 9.10. The van der Waals surface area contributed by atoms with Crippen LogP contribution in [0, 0.1) is 5.92 Å². The summed E-state index contributed by atoms with van der Waals surface area (Å²) in [6, 6.07) is 1.89. The van der Waals surface area contributed by atoms with Crippen molar-refractivity contribution in [3.63, 3.8) is 0 Å². The van der Waals surface area contributed by atoms with Gasteiger partial charge in [-0.2, -0.15) is 19.8 Å². The molecule has 3 N–H and O–H groups in total. The molecule has 11 heteroatoms. The first kappa shape index (κ1) is 28.1. The van der Waals surface area contributed by atoms with Gasteiger partial charge < -0.3 is 10.8 Å². The third kappa shape index (κ3) is 6.46. The minimum Gasteiger partial charge on any atom is -0.479 e. The van der Waals surface area contributed by atoms with E-state index in [1.165, 1.54) is 0 Å². The normalized spacial score (nSPS) is 14.7. The van der Waals surface area contributed by atoms with E-state index >= 15 is 0 Å². The van der Waals surface area contributed by atoms with Crippen molar-refractivity contribution in [1.29, 1.82) is 0 Å². The van der Waals surface area contributed by atoms with Crippen LogP contribution in [0.5, 0.6) is 0 Å². The van der Waals surface area contributed by atoms with Crippen molar-refractivity contribution in [1.82, 2.24) is 24.8 Å². The quantitative estimate of drug-likeness (QED) is 0.360. The van der Waals surface area contributed by atoms with Crippen LogP contribution in [-0.2, 0) is 11.2 Å². The predicted octanol–water partition coefficient (Wildman–Crippen LogP) is 5.21. The Morgan fingerprint density at radius 1 is 1.27 bits per heavy atom. The van der Waals surface area contributed by atoms with Crippen LogP contribution in [0.1, 0.15) is 56.9 Å². The number of rotatable bonds is 9. The fourth-order valence-corrected chi connectivity index (χ4v) is 4.51. The molecule has 0 saturated carbocycles. The number of anilines is 1. The number of carbonyl (C=O) groups is 1. The lowest BCUT2D eigenvalue weighted by Gasteiger charge is -2.16. The number of hydrogen-bond acceptors (Lipinski definition) is 7. The van der Waals surface area contributed by atoms with E-state index in [2.05, 4.69) is 36.2 Å². The molecule has 196 valence electrons. The standard InChI is InChI=1S/C24H25BrFN7O2.C2H6/c1-2-14(21(26)24(34)35)4-3-5-19-20(25)22(27)33-23(32-19)18(13-31-33)17-7-6-15(10-28-11-17)16-8-9-29-30-12-16;1-2/h6-9,11-14,21H,2-5,10,27H2,1H3,(H,34,35);1-2H3. The van der Waals surface area contributed by atoms with Crippen LogP contribution in [0.15, 0.2) is 46.3 Å². The molecular weight excluding hydrogens is 541 g/mol. The molecule has 4 rings (SSSR count). The number of nitrogens with zero attached hydrogens (tertiary/aromatic N) is 6. The summed E-state index contributed by atoms with van der Waals surface area (Å²) in [5.74, 6) is -1.55. The molecule has 2 unspecified atom stereocenters. The second-order valence-electron chi connectivity index (χ2n) is 8.27. The van der Waals surface area contributed by atoms with Crippen molar-refractivity contribution < 1.29 is 14.3 Å². The lowest BCUT2D eigenvalue weighted by molar-refractivity contribution is -0.145. The Morgan fingerprint density at radius 2 is 2.05 bits per heavy atom. The number of nitrogen functional groups attached to an aromatic ring is 1. The zero-order chi connectivity index (χ0) is 26.9. The second-order valence-corrected chi connectivity index (χ2v) is 9.06. The molecule has 1 aliphatic rings. The van der Waals surface area contributed by atoms with Gasteiger partial charge in [-0.05, 0) is 53.3 Å². The number of aromatic nitrogens is 5. The molecule has 0 bridgehead atoms. The van der Waals surface area contributed by atoms with E-state index in [1.54, 1.807) is 36.2 Å². The third-order valence-corrected chi connectivity index (χ3v) is 6.94. The number of allylic oxidation sites excluding steroid dienone is 3. The van der Waals surface area contributed by atoms with Crippen LogP contribution in [0.2, 0.25) is 0 Å². The minimum absolute atomic E-state index is 0.405. The number of carboxylic acid groups (broad SMARTS) is 1. The van der Waals surface area contributed by atoms with Crippen LogP contribution < -0.4 is 5.73 Å². The fourth-order valence-electron chi connectivity index (χ4n) is 4.06. The van der Waals surface area contributed by atoms with Gasteiger partial charge in [-0.1, -0.05) is 32.9 Å². The van der Waals surface area contributed by atoms with Gasteiger partial charge in [-0.3, -0.25) is 4.99 Å². The molecule has 9 nitrogen and oxygen atoms in total. The first-order chi connectivity index (χ1) is 17.9. The van der Waals surface area contributed by atoms with E-state index in [-0.39, 0.29) is 0 Å². The summed E-state index contributed by atoms with van der Waals surface area (Å²) in [7, 11) is 0. The fraction of sp³-hybridized carbons (Fsp3) is 0.385. The monoisotopic (exact) mass is 571 g/mol. The van der Waals surface area contributed by atoms with Gasteiger partial charge in [0.05, 0.1) is 35.3 Å². The molecule has 37 heavy (non-hydrogen) atoms. The molecule has 0 aromatic carbocycles. The van der Waals surface area contributed by atoms with Crippen molar-refractivity contribution in [2.75, 3.05) is 12.3 Å². The summed E-state index contributed by atoms with van der Waals surface area (Å²) >= 11 is 3.51. The van der Waals surface area contributed by atoms with Crippen molar-refractivity contribution in [3.8, 4) is 0 Å². The average molecular weight is 572 g/mol. The van der Waals surface area contributed by atoms with Gasteiger partial charge in [0.1, 0.15) is 5.82 Å². The van der Waals surface area contributed by atoms with E-state index in [0.29, 0.717) is 53.9 Å². The molecule has 1 aliphatic heterocycles. The Hall–Kier alpha value is -3.47. The molecule has 2 atom stereocenters. The van der Waals surface area contributed by atoms with Crippen LogP contribution >= 0.6 is 15.9 Å². The Labute approximate surface area is 223 Å². The predicted molar refractivity (Wildman–Crippen MR) is 147 cm³/mol. The molecule has 0 amide bonds. The van der Waals surface area contributed by atoms with Crippen molar-refractivity contribution >= 4 is 50.7 Å². The smallest absolute Gasteiger partial charge is 0.338 e. The van der Waals surface area contributed by atoms with Crippen molar-refractivity contribution in [3.05, 3.63) is 58.1 Å². The summed E-state index contributed by atoms with van der Waals surface area (Å²) in [6.45, 7) is 6.30. The van der Waals surface area contributed by atoms with Gasteiger partial charge in [-0.15, -0.1) is 0 Å². The number of nitrogens with two attached hydrogens (primary N) is 1. The highest BCUT2D eigenvalue weighted by Gasteiger charge is 2.26. The molecule has 0 saturated heterocycles. The maximum Gasteiger partial charge on any atom is 0.338 e. The SMILES string of the molecule is CC.CCC(CCCc1nc2c(C3=CC=C(c4ccnnc4)CN=C3)cnn2c(N)c1Br)C(F)C(=O)O. The van der Waals surface area contributed by atoms with E-state index in [4.69, 9.17) is 15.8 Å².